The second-order valence-electron chi connectivity index (χ2n) is 6.30. The van der Waals surface area contributed by atoms with Crippen molar-refractivity contribution in [1.29, 1.82) is 0 Å². The molecule has 0 radical (unpaired) electrons. The van der Waals surface area contributed by atoms with Gasteiger partial charge in [-0.25, -0.2) is 9.97 Å². The number of nitrogens with one attached hydrogen (secondary N) is 2. The number of nitrogens with zero attached hydrogens (tertiary/aromatic N) is 2. The summed E-state index contributed by atoms with van der Waals surface area (Å²) in [5.74, 6) is 1.99. The van der Waals surface area contributed by atoms with Gasteiger partial charge in [-0.15, -0.1) is 0 Å². The van der Waals surface area contributed by atoms with Gasteiger partial charge in [0.2, 0.25) is 0 Å². The first kappa shape index (κ1) is 19.6. The summed E-state index contributed by atoms with van der Waals surface area (Å²) < 4.78 is 10.6. The standard InChI is InChI=1S/C20H22ClN5O2/c1-11-5-12(2)7-13(6-11)25-19-18(22)20(24-10-23-19)26-15-8-14(21)16(27-3)9-17(15)28-4/h5-10H,22H2,1-4H3,(H2,23,24,25,26). The number of ether oxygens (including phenoxy) is 2. The van der Waals surface area contributed by atoms with Crippen molar-refractivity contribution in [3.05, 3.63) is 52.8 Å². The number of hydrogen-bond donors (Lipinski definition) is 3. The molecule has 0 amide bonds. The number of rotatable bonds is 6. The molecule has 0 fully saturated rings. The molecule has 146 valence electrons. The Kier molecular flexibility index (Phi) is 5.75. The lowest BCUT2D eigenvalue weighted by molar-refractivity contribution is 0.396. The summed E-state index contributed by atoms with van der Waals surface area (Å²) in [4.78, 5) is 8.50. The zero-order valence-electron chi connectivity index (χ0n) is 16.1. The molecular formula is C20H22ClN5O2. The maximum atomic E-state index is 6.29. The molecule has 0 unspecified atom stereocenters. The molecule has 3 aromatic rings. The molecule has 0 spiro atoms. The number of aryl methyl sites for hydroxylation is 2. The van der Waals surface area contributed by atoms with Crippen molar-refractivity contribution in [2.45, 2.75) is 13.8 Å². The molecule has 0 aliphatic heterocycles. The van der Waals surface area contributed by atoms with E-state index >= 15 is 0 Å². The van der Waals surface area contributed by atoms with Crippen molar-refractivity contribution in [2.75, 3.05) is 30.6 Å². The highest BCUT2D eigenvalue weighted by Gasteiger charge is 2.14. The number of nitrogens with two attached hydrogens (primary N) is 1. The first-order valence-corrected chi connectivity index (χ1v) is 8.93. The van der Waals surface area contributed by atoms with Gasteiger partial charge in [0.15, 0.2) is 11.6 Å². The quantitative estimate of drug-likeness (QED) is 0.546. The van der Waals surface area contributed by atoms with Gasteiger partial charge in [0.25, 0.3) is 0 Å². The maximum Gasteiger partial charge on any atom is 0.159 e. The van der Waals surface area contributed by atoms with E-state index in [1.807, 2.05) is 26.0 Å². The lowest BCUT2D eigenvalue weighted by Gasteiger charge is -2.16. The van der Waals surface area contributed by atoms with Crippen LogP contribution in [0, 0.1) is 13.8 Å². The molecule has 28 heavy (non-hydrogen) atoms. The zero-order chi connectivity index (χ0) is 20.3. The van der Waals surface area contributed by atoms with E-state index in [9.17, 15) is 0 Å². The van der Waals surface area contributed by atoms with Crippen LogP contribution in [0.3, 0.4) is 0 Å². The van der Waals surface area contributed by atoms with Crippen molar-refractivity contribution in [3.63, 3.8) is 0 Å². The highest BCUT2D eigenvalue weighted by Crippen LogP contribution is 2.38. The fourth-order valence-electron chi connectivity index (χ4n) is 2.86. The molecule has 0 saturated heterocycles. The van der Waals surface area contributed by atoms with E-state index in [1.54, 1.807) is 26.4 Å². The Bertz CT molecular complexity index is 990. The Morgan fingerprint density at radius 2 is 1.46 bits per heavy atom. The molecule has 4 N–H and O–H groups in total. The fourth-order valence-corrected chi connectivity index (χ4v) is 3.10. The minimum absolute atomic E-state index is 0.371. The molecule has 0 saturated carbocycles. The third-order valence-electron chi connectivity index (χ3n) is 4.10. The van der Waals surface area contributed by atoms with Crippen LogP contribution >= 0.6 is 11.6 Å². The number of methoxy groups -OCH3 is 2. The van der Waals surface area contributed by atoms with Crippen molar-refractivity contribution in [2.24, 2.45) is 0 Å². The van der Waals surface area contributed by atoms with Gasteiger partial charge in [0.05, 0.1) is 24.9 Å². The average molecular weight is 400 g/mol. The van der Waals surface area contributed by atoms with Crippen molar-refractivity contribution in [3.8, 4) is 11.5 Å². The number of nitrogen functional groups attached to an aromatic ring is 1. The van der Waals surface area contributed by atoms with E-state index in [4.69, 9.17) is 26.8 Å². The van der Waals surface area contributed by atoms with Crippen LogP contribution in [0.1, 0.15) is 11.1 Å². The van der Waals surface area contributed by atoms with Gasteiger partial charge in [-0.05, 0) is 43.2 Å². The summed E-state index contributed by atoms with van der Waals surface area (Å²) in [5.41, 5.74) is 10.5. The lowest BCUT2D eigenvalue weighted by Crippen LogP contribution is -2.06. The van der Waals surface area contributed by atoms with Gasteiger partial charge >= 0.3 is 0 Å². The summed E-state index contributed by atoms with van der Waals surface area (Å²) >= 11 is 6.24. The molecule has 0 aliphatic rings. The summed E-state index contributed by atoms with van der Waals surface area (Å²) in [6.45, 7) is 4.07. The summed E-state index contributed by atoms with van der Waals surface area (Å²) in [6, 6.07) is 9.53. The minimum Gasteiger partial charge on any atom is -0.495 e. The Morgan fingerprint density at radius 3 is 2.07 bits per heavy atom. The highest BCUT2D eigenvalue weighted by molar-refractivity contribution is 6.32. The van der Waals surface area contributed by atoms with Crippen LogP contribution in [0.5, 0.6) is 11.5 Å². The second-order valence-corrected chi connectivity index (χ2v) is 6.71. The predicted molar refractivity (Wildman–Crippen MR) is 113 cm³/mol. The van der Waals surface area contributed by atoms with Crippen LogP contribution in [0.2, 0.25) is 5.02 Å². The number of hydrogen-bond acceptors (Lipinski definition) is 7. The number of benzene rings is 2. The smallest absolute Gasteiger partial charge is 0.159 e. The summed E-state index contributed by atoms with van der Waals surface area (Å²) in [6.07, 6.45) is 1.43. The first-order valence-electron chi connectivity index (χ1n) is 8.55. The highest BCUT2D eigenvalue weighted by atomic mass is 35.5. The van der Waals surface area contributed by atoms with Crippen molar-refractivity contribution < 1.29 is 9.47 Å². The molecule has 0 bridgehead atoms. The second kappa shape index (κ2) is 8.22. The van der Waals surface area contributed by atoms with Gasteiger partial charge in [0.1, 0.15) is 23.5 Å². The van der Waals surface area contributed by atoms with Crippen molar-refractivity contribution in [1.82, 2.24) is 9.97 Å². The molecule has 3 rings (SSSR count). The van der Waals surface area contributed by atoms with Crippen LogP contribution in [0.4, 0.5) is 28.7 Å². The van der Waals surface area contributed by atoms with E-state index in [-0.39, 0.29) is 0 Å². The van der Waals surface area contributed by atoms with Crippen LogP contribution in [0.15, 0.2) is 36.7 Å². The summed E-state index contributed by atoms with van der Waals surface area (Å²) in [7, 11) is 3.10. The van der Waals surface area contributed by atoms with Gasteiger partial charge < -0.3 is 25.8 Å². The predicted octanol–water partition coefficient (Wildman–Crippen LogP) is 4.83. The molecule has 0 atom stereocenters. The van der Waals surface area contributed by atoms with E-state index in [0.717, 1.165) is 16.8 Å². The van der Waals surface area contributed by atoms with Gasteiger partial charge in [0, 0.05) is 11.8 Å². The van der Waals surface area contributed by atoms with Crippen LogP contribution < -0.4 is 25.8 Å². The third kappa shape index (κ3) is 4.20. The molecule has 0 aliphatic carbocycles. The number of aromatic nitrogens is 2. The van der Waals surface area contributed by atoms with Crippen LogP contribution in [-0.4, -0.2) is 24.2 Å². The molecule has 7 nitrogen and oxygen atoms in total. The van der Waals surface area contributed by atoms with E-state index in [0.29, 0.717) is 39.5 Å². The van der Waals surface area contributed by atoms with Gasteiger partial charge in [-0.1, -0.05) is 17.7 Å². The van der Waals surface area contributed by atoms with Crippen LogP contribution in [0.25, 0.3) is 0 Å². The Balaban J connectivity index is 1.92. The molecule has 8 heteroatoms. The topological polar surface area (TPSA) is 94.3 Å². The molecule has 1 heterocycles. The normalized spacial score (nSPS) is 10.5. The largest absolute Gasteiger partial charge is 0.495 e. The van der Waals surface area contributed by atoms with Crippen molar-refractivity contribution >= 4 is 40.3 Å². The van der Waals surface area contributed by atoms with Crippen LogP contribution in [-0.2, 0) is 0 Å². The SMILES string of the molecule is COc1cc(OC)c(Nc2ncnc(Nc3cc(C)cc(C)c3)c2N)cc1Cl. The zero-order valence-corrected chi connectivity index (χ0v) is 16.9. The Labute approximate surface area is 168 Å². The van der Waals surface area contributed by atoms with E-state index in [1.165, 1.54) is 6.33 Å². The van der Waals surface area contributed by atoms with E-state index in [2.05, 4.69) is 26.7 Å². The van der Waals surface area contributed by atoms with Gasteiger partial charge in [-0.2, -0.15) is 0 Å². The van der Waals surface area contributed by atoms with E-state index < -0.39 is 0 Å². The summed E-state index contributed by atoms with van der Waals surface area (Å²) in [5, 5.41) is 6.83. The Morgan fingerprint density at radius 1 is 0.857 bits per heavy atom. The average Bonchev–Trinajstić information content (AvgIpc) is 2.64. The first-order chi connectivity index (χ1) is 13.4. The Hall–Kier alpha value is -3.19. The maximum absolute atomic E-state index is 6.29. The third-order valence-corrected chi connectivity index (χ3v) is 4.39. The molecule has 1 aromatic heterocycles. The molecular weight excluding hydrogens is 378 g/mol. The fraction of sp³-hybridized carbons (Fsp3) is 0.200. The molecule has 2 aromatic carbocycles. The minimum atomic E-state index is 0.371. The lowest BCUT2D eigenvalue weighted by atomic mass is 10.1. The number of halogens is 1. The number of anilines is 5. The monoisotopic (exact) mass is 399 g/mol. The van der Waals surface area contributed by atoms with Gasteiger partial charge in [-0.3, -0.25) is 0 Å².